The van der Waals surface area contributed by atoms with E-state index in [2.05, 4.69) is 22.8 Å². The number of hydrogen-bond acceptors (Lipinski definition) is 9. The molecule has 2 heterocycles. The van der Waals surface area contributed by atoms with Crippen molar-refractivity contribution in [3.8, 4) is 0 Å². The summed E-state index contributed by atoms with van der Waals surface area (Å²) in [6, 6.07) is 0.0275. The first kappa shape index (κ1) is 18.4. The number of carbonyl (C=O) groups excluding carboxylic acids is 2. The molecule has 2 rings (SSSR count). The van der Waals surface area contributed by atoms with Crippen molar-refractivity contribution < 1.29 is 14.3 Å². The van der Waals surface area contributed by atoms with E-state index in [-0.39, 0.29) is 17.9 Å². The van der Waals surface area contributed by atoms with Crippen LogP contribution in [0.2, 0.25) is 0 Å². The highest BCUT2D eigenvalue weighted by molar-refractivity contribution is 6.99. The highest BCUT2D eigenvalue weighted by Gasteiger charge is 2.20. The number of hydrogen-bond donors (Lipinski definition) is 1. The molecule has 0 spiro atoms. The molecule has 0 radical (unpaired) electrons. The summed E-state index contributed by atoms with van der Waals surface area (Å²) >= 11 is 1.99. The Kier molecular flexibility index (Phi) is 7.15. The van der Waals surface area contributed by atoms with Crippen molar-refractivity contribution in [1.29, 1.82) is 0 Å². The van der Waals surface area contributed by atoms with Gasteiger partial charge in [-0.05, 0) is 13.8 Å². The van der Waals surface area contributed by atoms with Crippen molar-refractivity contribution in [2.75, 3.05) is 26.3 Å². The molecule has 2 aromatic heterocycles. The van der Waals surface area contributed by atoms with Crippen LogP contribution in [0.25, 0.3) is 0 Å². The van der Waals surface area contributed by atoms with Crippen LogP contribution in [-0.2, 0) is 4.74 Å². The van der Waals surface area contributed by atoms with Crippen LogP contribution in [0.4, 0.5) is 0 Å². The van der Waals surface area contributed by atoms with E-state index in [0.29, 0.717) is 37.7 Å². The molecule has 24 heavy (non-hydrogen) atoms. The molecule has 0 saturated heterocycles. The second-order valence-electron chi connectivity index (χ2n) is 5.05. The highest BCUT2D eigenvalue weighted by Crippen LogP contribution is 2.06. The molecule has 0 bridgehead atoms. The van der Waals surface area contributed by atoms with Crippen molar-refractivity contribution in [3.63, 3.8) is 0 Å². The molecule has 0 aliphatic carbocycles. The van der Waals surface area contributed by atoms with Gasteiger partial charge in [-0.1, -0.05) is 0 Å². The molecule has 0 unspecified atom stereocenters. The lowest BCUT2D eigenvalue weighted by Crippen LogP contribution is -2.39. The third-order valence-corrected chi connectivity index (χ3v) is 4.02. The van der Waals surface area contributed by atoms with E-state index in [4.69, 9.17) is 4.74 Å². The van der Waals surface area contributed by atoms with Crippen LogP contribution in [0, 0.1) is 0 Å². The third kappa shape index (κ3) is 5.28. The lowest BCUT2D eigenvalue weighted by Gasteiger charge is -2.25. The minimum atomic E-state index is -0.276. The van der Waals surface area contributed by atoms with Gasteiger partial charge in [0.2, 0.25) is 0 Å². The number of aromatic nitrogens is 4. The van der Waals surface area contributed by atoms with Gasteiger partial charge in [0.15, 0.2) is 11.4 Å². The third-order valence-electron chi connectivity index (χ3n) is 3.07. The maximum atomic E-state index is 12.3. The molecule has 9 nitrogen and oxygen atoms in total. The van der Waals surface area contributed by atoms with E-state index in [1.165, 1.54) is 12.4 Å². The van der Waals surface area contributed by atoms with Crippen LogP contribution in [0.5, 0.6) is 0 Å². The van der Waals surface area contributed by atoms with E-state index < -0.39 is 0 Å². The second kappa shape index (κ2) is 9.35. The summed E-state index contributed by atoms with van der Waals surface area (Å²) in [7, 11) is 0. The number of carbonyl (C=O) groups is 2. The van der Waals surface area contributed by atoms with Gasteiger partial charge in [0, 0.05) is 19.1 Å². The van der Waals surface area contributed by atoms with Crippen molar-refractivity contribution >= 4 is 35.3 Å². The van der Waals surface area contributed by atoms with E-state index in [1.54, 1.807) is 4.90 Å². The second-order valence-corrected chi connectivity index (χ2v) is 6.16. The topological polar surface area (TPSA) is 110 Å². The lowest BCUT2D eigenvalue weighted by atomic mass is 10.3. The normalized spacial score (nSPS) is 10.8. The van der Waals surface area contributed by atoms with Crippen LogP contribution < -0.4 is 5.32 Å². The van der Waals surface area contributed by atoms with Crippen molar-refractivity contribution in [1.82, 2.24) is 27.7 Å². The van der Waals surface area contributed by atoms with Crippen LogP contribution in [0.1, 0.15) is 34.8 Å². The van der Waals surface area contributed by atoms with Crippen LogP contribution >= 0.6 is 23.5 Å². The fraction of sp³-hybridized carbons (Fsp3) is 0.538. The molecule has 1 N–H and O–H groups in total. The van der Waals surface area contributed by atoms with Gasteiger partial charge in [-0.15, -0.1) is 0 Å². The summed E-state index contributed by atoms with van der Waals surface area (Å²) in [5.41, 5.74) is 0.645. The first-order chi connectivity index (χ1) is 11.6. The fourth-order valence-electron chi connectivity index (χ4n) is 1.86. The Morgan fingerprint density at radius 3 is 2.42 bits per heavy atom. The molecule has 2 aromatic rings. The molecule has 0 aromatic carbocycles. The van der Waals surface area contributed by atoms with Crippen LogP contribution in [0.3, 0.4) is 0 Å². The lowest BCUT2D eigenvalue weighted by molar-refractivity contribution is 0.0574. The van der Waals surface area contributed by atoms with Gasteiger partial charge in [0.1, 0.15) is 0 Å². The summed E-state index contributed by atoms with van der Waals surface area (Å²) in [6.07, 6.45) is 2.88. The smallest absolute Gasteiger partial charge is 0.275 e. The van der Waals surface area contributed by atoms with E-state index >= 15 is 0 Å². The summed E-state index contributed by atoms with van der Waals surface area (Å²) < 4.78 is 20.9. The van der Waals surface area contributed by atoms with E-state index in [1.807, 2.05) is 13.8 Å². The molecule has 0 saturated carbocycles. The summed E-state index contributed by atoms with van der Waals surface area (Å²) in [4.78, 5) is 25.6. The number of ether oxygens (including phenoxy) is 1. The van der Waals surface area contributed by atoms with Crippen molar-refractivity contribution in [2.45, 2.75) is 19.9 Å². The molecule has 130 valence electrons. The van der Waals surface area contributed by atoms with Gasteiger partial charge in [-0.2, -0.15) is 17.5 Å². The zero-order valence-corrected chi connectivity index (χ0v) is 15.0. The molecule has 0 atom stereocenters. The first-order valence-electron chi connectivity index (χ1n) is 7.31. The van der Waals surface area contributed by atoms with Gasteiger partial charge >= 0.3 is 0 Å². The SMILES string of the molecule is CC(C)N(CCOCCNC(=O)c1cnsn1)C(=O)c1cnsn1. The maximum absolute atomic E-state index is 12.3. The Hall–Kier alpha value is -1.98. The Labute approximate surface area is 147 Å². The van der Waals surface area contributed by atoms with Gasteiger partial charge < -0.3 is 15.0 Å². The predicted molar refractivity (Wildman–Crippen MR) is 89.1 cm³/mol. The van der Waals surface area contributed by atoms with Gasteiger partial charge in [0.05, 0.1) is 49.1 Å². The van der Waals surface area contributed by atoms with Crippen molar-refractivity contribution in [2.24, 2.45) is 0 Å². The number of rotatable bonds is 9. The van der Waals surface area contributed by atoms with E-state index in [0.717, 1.165) is 23.5 Å². The monoisotopic (exact) mass is 370 g/mol. The quantitative estimate of drug-likeness (QED) is 0.647. The Balaban J connectivity index is 1.66. The van der Waals surface area contributed by atoms with Gasteiger partial charge in [-0.25, -0.2) is 0 Å². The first-order valence-corrected chi connectivity index (χ1v) is 8.77. The Bertz CT molecular complexity index is 632. The maximum Gasteiger partial charge on any atom is 0.275 e. The average Bonchev–Trinajstić information content (AvgIpc) is 3.25. The summed E-state index contributed by atoms with van der Waals surface area (Å²) in [5.74, 6) is -0.436. The van der Waals surface area contributed by atoms with Crippen LogP contribution in [0.15, 0.2) is 12.4 Å². The Morgan fingerprint density at radius 1 is 1.17 bits per heavy atom. The standard InChI is InChI=1S/C13H18N6O3S2/c1-9(2)19(13(21)11-8-16-24-18-11)4-6-22-5-3-14-12(20)10-7-15-23-17-10/h7-9H,3-6H2,1-2H3,(H,14,20). The minimum absolute atomic E-state index is 0.0275. The number of nitrogens with zero attached hydrogens (tertiary/aromatic N) is 5. The predicted octanol–water partition coefficient (Wildman–Crippen LogP) is 0.687. The zero-order valence-electron chi connectivity index (χ0n) is 13.3. The molecule has 2 amide bonds. The van der Waals surface area contributed by atoms with Gasteiger partial charge in [-0.3, -0.25) is 9.59 Å². The molecule has 0 aliphatic rings. The van der Waals surface area contributed by atoms with Gasteiger partial charge in [0.25, 0.3) is 11.8 Å². The summed E-state index contributed by atoms with van der Waals surface area (Å²) in [5, 5.41) is 2.68. The van der Waals surface area contributed by atoms with E-state index in [9.17, 15) is 9.59 Å². The molecular formula is C13H18N6O3S2. The summed E-state index contributed by atoms with van der Waals surface area (Å²) in [6.45, 7) is 5.39. The molecular weight excluding hydrogens is 352 g/mol. The van der Waals surface area contributed by atoms with Crippen molar-refractivity contribution in [3.05, 3.63) is 23.8 Å². The number of nitrogens with one attached hydrogen (secondary N) is 1. The minimum Gasteiger partial charge on any atom is -0.378 e. The van der Waals surface area contributed by atoms with Crippen LogP contribution in [-0.4, -0.2) is 66.6 Å². The highest BCUT2D eigenvalue weighted by atomic mass is 32.1. The Morgan fingerprint density at radius 2 is 1.83 bits per heavy atom. The average molecular weight is 370 g/mol. The molecule has 11 heteroatoms. The largest absolute Gasteiger partial charge is 0.378 e. The molecule has 0 fully saturated rings. The number of amides is 2. The fourth-order valence-corrected chi connectivity index (χ4v) is 2.68. The zero-order chi connectivity index (χ0) is 17.4. The molecule has 0 aliphatic heterocycles.